The summed E-state index contributed by atoms with van der Waals surface area (Å²) in [4.78, 5) is 23.9. The summed E-state index contributed by atoms with van der Waals surface area (Å²) < 4.78 is 0. The van der Waals surface area contributed by atoms with Crippen LogP contribution in [0.1, 0.15) is 19.3 Å². The van der Waals surface area contributed by atoms with E-state index in [4.69, 9.17) is 23.2 Å². The van der Waals surface area contributed by atoms with E-state index in [2.05, 4.69) is 5.32 Å². The van der Waals surface area contributed by atoms with Crippen molar-refractivity contribution in [1.82, 2.24) is 0 Å². The van der Waals surface area contributed by atoms with Crippen LogP contribution in [0.5, 0.6) is 0 Å². The lowest BCUT2D eigenvalue weighted by Gasteiger charge is -2.27. The summed E-state index contributed by atoms with van der Waals surface area (Å²) in [6.07, 6.45) is 2.68. The Morgan fingerprint density at radius 3 is 2.43 bits per heavy atom. The molecule has 21 heavy (non-hydrogen) atoms. The Bertz CT molecular complexity index is 605. The van der Waals surface area contributed by atoms with Gasteiger partial charge < -0.3 is 10.4 Å². The molecule has 1 aromatic carbocycles. The van der Waals surface area contributed by atoms with Crippen molar-refractivity contribution in [3.8, 4) is 0 Å². The summed E-state index contributed by atoms with van der Waals surface area (Å²) in [5.41, 5.74) is 0.470. The number of carboxylic acids is 1. The number of carbonyl (C=O) groups excluding carboxylic acids is 1. The van der Waals surface area contributed by atoms with Gasteiger partial charge in [-0.05, 0) is 49.3 Å². The number of carbonyl (C=O) groups is 2. The van der Waals surface area contributed by atoms with Crippen molar-refractivity contribution in [2.24, 2.45) is 23.7 Å². The highest BCUT2D eigenvalue weighted by Crippen LogP contribution is 2.52. The predicted octanol–water partition coefficient (Wildman–Crippen LogP) is 3.68. The molecular weight excluding hydrogens is 313 g/mol. The number of benzene rings is 1. The molecule has 2 fully saturated rings. The van der Waals surface area contributed by atoms with Gasteiger partial charge in [0.25, 0.3) is 0 Å². The second kappa shape index (κ2) is 5.50. The minimum Gasteiger partial charge on any atom is -0.481 e. The molecule has 2 aliphatic carbocycles. The van der Waals surface area contributed by atoms with Gasteiger partial charge in [0.05, 0.1) is 22.5 Å². The molecule has 0 aliphatic heterocycles. The average molecular weight is 328 g/mol. The summed E-state index contributed by atoms with van der Waals surface area (Å²) in [5, 5.41) is 13.0. The number of amides is 1. The molecule has 4 unspecified atom stereocenters. The summed E-state index contributed by atoms with van der Waals surface area (Å²) in [7, 11) is 0. The van der Waals surface area contributed by atoms with Crippen LogP contribution in [0, 0.1) is 23.7 Å². The molecule has 112 valence electrons. The fraction of sp³-hybridized carbons (Fsp3) is 0.467. The highest BCUT2D eigenvalue weighted by molar-refractivity contribution is 6.36. The van der Waals surface area contributed by atoms with Crippen LogP contribution in [-0.2, 0) is 9.59 Å². The number of carboxylic acid groups (broad SMARTS) is 1. The van der Waals surface area contributed by atoms with Gasteiger partial charge in [-0.25, -0.2) is 0 Å². The highest BCUT2D eigenvalue weighted by atomic mass is 35.5. The zero-order valence-corrected chi connectivity index (χ0v) is 12.7. The van der Waals surface area contributed by atoms with Crippen molar-refractivity contribution in [1.29, 1.82) is 0 Å². The average Bonchev–Trinajstić information content (AvgIpc) is 3.02. The minimum absolute atomic E-state index is 0.129. The van der Waals surface area contributed by atoms with Crippen LogP contribution in [0.4, 0.5) is 5.69 Å². The van der Waals surface area contributed by atoms with Crippen LogP contribution in [-0.4, -0.2) is 17.0 Å². The molecule has 2 saturated carbocycles. The predicted molar refractivity (Wildman–Crippen MR) is 80.5 cm³/mol. The number of rotatable bonds is 3. The van der Waals surface area contributed by atoms with Gasteiger partial charge >= 0.3 is 5.97 Å². The maximum atomic E-state index is 12.5. The molecule has 0 saturated heterocycles. The highest BCUT2D eigenvalue weighted by Gasteiger charge is 2.54. The van der Waals surface area contributed by atoms with E-state index in [1.54, 1.807) is 18.2 Å². The summed E-state index contributed by atoms with van der Waals surface area (Å²) in [5.74, 6) is -1.86. The number of hydrogen-bond acceptors (Lipinski definition) is 2. The number of nitrogens with one attached hydrogen (secondary N) is 1. The first-order valence-electron chi connectivity index (χ1n) is 6.96. The van der Waals surface area contributed by atoms with E-state index >= 15 is 0 Å². The van der Waals surface area contributed by atoms with Crippen molar-refractivity contribution < 1.29 is 14.7 Å². The fourth-order valence-corrected chi connectivity index (χ4v) is 4.29. The van der Waals surface area contributed by atoms with Crippen molar-refractivity contribution in [3.63, 3.8) is 0 Å². The van der Waals surface area contributed by atoms with Crippen LogP contribution in [0.2, 0.25) is 10.0 Å². The van der Waals surface area contributed by atoms with E-state index < -0.39 is 17.8 Å². The summed E-state index contributed by atoms with van der Waals surface area (Å²) in [6, 6.07) is 4.82. The van der Waals surface area contributed by atoms with Gasteiger partial charge in [-0.3, -0.25) is 9.59 Å². The van der Waals surface area contributed by atoms with Gasteiger partial charge in [-0.1, -0.05) is 23.2 Å². The molecule has 3 rings (SSSR count). The first-order chi connectivity index (χ1) is 9.97. The summed E-state index contributed by atoms with van der Waals surface area (Å²) >= 11 is 11.9. The third-order valence-corrected chi connectivity index (χ3v) is 5.24. The lowest BCUT2D eigenvalue weighted by molar-refractivity contribution is -0.148. The Labute approximate surface area is 132 Å². The third-order valence-electron chi connectivity index (χ3n) is 4.69. The standard InChI is InChI=1S/C15H15Cl2NO3/c16-9-3-4-11(10(17)6-9)18-14(19)12-7-1-2-8(5-7)13(12)15(20)21/h3-4,6-8,12-13H,1-2,5H2,(H,18,19)(H,20,21). The zero-order valence-electron chi connectivity index (χ0n) is 11.2. The van der Waals surface area contributed by atoms with Crippen molar-refractivity contribution in [2.45, 2.75) is 19.3 Å². The van der Waals surface area contributed by atoms with Gasteiger partial charge in [0, 0.05) is 5.02 Å². The Balaban J connectivity index is 1.80. The molecule has 0 heterocycles. The molecule has 0 radical (unpaired) electrons. The quantitative estimate of drug-likeness (QED) is 0.889. The Morgan fingerprint density at radius 2 is 1.81 bits per heavy atom. The number of halogens is 2. The van der Waals surface area contributed by atoms with Crippen LogP contribution in [0.15, 0.2) is 18.2 Å². The van der Waals surface area contributed by atoms with E-state index in [1.807, 2.05) is 0 Å². The monoisotopic (exact) mass is 327 g/mol. The smallest absolute Gasteiger partial charge is 0.307 e. The van der Waals surface area contributed by atoms with Gasteiger partial charge in [0.2, 0.25) is 5.91 Å². The van der Waals surface area contributed by atoms with E-state index in [0.717, 1.165) is 19.3 Å². The Morgan fingerprint density at radius 1 is 1.14 bits per heavy atom. The van der Waals surface area contributed by atoms with Crippen LogP contribution < -0.4 is 5.32 Å². The maximum absolute atomic E-state index is 12.5. The SMILES string of the molecule is O=C(O)C1C2CCC(C2)C1C(=O)Nc1ccc(Cl)cc1Cl. The van der Waals surface area contributed by atoms with Gasteiger partial charge in [0.1, 0.15) is 0 Å². The van der Waals surface area contributed by atoms with Gasteiger partial charge in [0.15, 0.2) is 0 Å². The van der Waals surface area contributed by atoms with Crippen LogP contribution in [0.3, 0.4) is 0 Å². The van der Waals surface area contributed by atoms with E-state index in [1.165, 1.54) is 0 Å². The molecule has 0 spiro atoms. The number of aliphatic carboxylic acids is 1. The Hall–Kier alpha value is -1.26. The molecular formula is C15H15Cl2NO3. The number of fused-ring (bicyclic) bond motifs is 2. The summed E-state index contributed by atoms with van der Waals surface area (Å²) in [6.45, 7) is 0. The van der Waals surface area contributed by atoms with E-state index in [-0.39, 0.29) is 17.7 Å². The van der Waals surface area contributed by atoms with Gasteiger partial charge in [-0.2, -0.15) is 0 Å². The Kier molecular flexibility index (Phi) is 3.84. The fourth-order valence-electron chi connectivity index (χ4n) is 3.83. The van der Waals surface area contributed by atoms with E-state index in [9.17, 15) is 14.7 Å². The number of anilines is 1. The molecule has 4 atom stereocenters. The first kappa shape index (κ1) is 14.7. The zero-order chi connectivity index (χ0) is 15.1. The van der Waals surface area contributed by atoms with Crippen molar-refractivity contribution in [2.75, 3.05) is 5.32 Å². The molecule has 1 amide bonds. The molecule has 4 nitrogen and oxygen atoms in total. The minimum atomic E-state index is -0.871. The molecule has 6 heteroatoms. The molecule has 2 aliphatic rings. The molecule has 2 N–H and O–H groups in total. The lowest BCUT2D eigenvalue weighted by atomic mass is 9.78. The third kappa shape index (κ3) is 2.62. The first-order valence-corrected chi connectivity index (χ1v) is 7.71. The maximum Gasteiger partial charge on any atom is 0.307 e. The second-order valence-electron chi connectivity index (χ2n) is 5.84. The topological polar surface area (TPSA) is 66.4 Å². The van der Waals surface area contributed by atoms with Crippen molar-refractivity contribution >= 4 is 40.8 Å². The lowest BCUT2D eigenvalue weighted by Crippen LogP contribution is -2.37. The van der Waals surface area contributed by atoms with Crippen molar-refractivity contribution in [3.05, 3.63) is 28.2 Å². The largest absolute Gasteiger partial charge is 0.481 e. The normalized spacial score (nSPS) is 30.4. The molecule has 0 aromatic heterocycles. The van der Waals surface area contributed by atoms with Crippen LogP contribution >= 0.6 is 23.2 Å². The second-order valence-corrected chi connectivity index (χ2v) is 6.68. The van der Waals surface area contributed by atoms with Crippen LogP contribution in [0.25, 0.3) is 0 Å². The molecule has 1 aromatic rings. The van der Waals surface area contributed by atoms with Gasteiger partial charge in [-0.15, -0.1) is 0 Å². The number of hydrogen-bond donors (Lipinski definition) is 2. The van der Waals surface area contributed by atoms with E-state index in [0.29, 0.717) is 15.7 Å². The molecule has 2 bridgehead atoms.